The molecule has 2 aliphatic rings. The van der Waals surface area contributed by atoms with E-state index >= 15 is 0 Å². The van der Waals surface area contributed by atoms with Crippen LogP contribution in [0.3, 0.4) is 0 Å². The van der Waals surface area contributed by atoms with Crippen LogP contribution in [-0.2, 0) is 9.53 Å². The Labute approximate surface area is 104 Å². The highest BCUT2D eigenvalue weighted by atomic mass is 35.5. The zero-order chi connectivity index (χ0) is 11.3. The summed E-state index contributed by atoms with van der Waals surface area (Å²) in [5.41, 5.74) is 5.74. The third-order valence-corrected chi connectivity index (χ3v) is 5.15. The second kappa shape index (κ2) is 4.19. The van der Waals surface area contributed by atoms with Crippen LogP contribution in [0, 0.1) is 16.7 Å². The van der Waals surface area contributed by atoms with Crippen molar-refractivity contribution in [3.05, 3.63) is 0 Å². The first-order valence-corrected chi connectivity index (χ1v) is 5.81. The summed E-state index contributed by atoms with van der Waals surface area (Å²) in [6.07, 6.45) is 3.56. The van der Waals surface area contributed by atoms with Gasteiger partial charge in [0.05, 0.1) is 6.54 Å². The SMILES string of the molecule is CC1(C)C2CCC1(C)[C@@H](OC(=O)CN)C2.Cl. The first-order chi connectivity index (χ1) is 6.91. The zero-order valence-corrected chi connectivity index (χ0v) is 11.1. The Morgan fingerprint density at radius 3 is 2.44 bits per heavy atom. The molecule has 2 N–H and O–H groups in total. The molecule has 0 saturated heterocycles. The summed E-state index contributed by atoms with van der Waals surface area (Å²) in [4.78, 5) is 11.3. The van der Waals surface area contributed by atoms with Crippen LogP contribution in [0.2, 0.25) is 0 Å². The average molecular weight is 248 g/mol. The van der Waals surface area contributed by atoms with Crippen molar-refractivity contribution in [2.75, 3.05) is 6.54 Å². The third kappa shape index (κ3) is 1.65. The van der Waals surface area contributed by atoms with Gasteiger partial charge in [0.1, 0.15) is 6.10 Å². The number of hydrogen-bond acceptors (Lipinski definition) is 3. The zero-order valence-electron chi connectivity index (χ0n) is 10.3. The van der Waals surface area contributed by atoms with Crippen LogP contribution in [-0.4, -0.2) is 18.6 Å². The molecular weight excluding hydrogens is 226 g/mol. The maximum Gasteiger partial charge on any atom is 0.319 e. The average Bonchev–Trinajstić information content (AvgIpc) is 2.50. The number of ether oxygens (including phenoxy) is 1. The van der Waals surface area contributed by atoms with Crippen LogP contribution in [0.25, 0.3) is 0 Å². The normalized spacial score (nSPS) is 39.2. The van der Waals surface area contributed by atoms with Crippen molar-refractivity contribution in [3.8, 4) is 0 Å². The number of nitrogens with two attached hydrogens (primary N) is 1. The number of esters is 1. The molecule has 0 aromatic rings. The molecule has 0 radical (unpaired) electrons. The van der Waals surface area contributed by atoms with E-state index in [1.165, 1.54) is 12.8 Å². The van der Waals surface area contributed by atoms with Crippen LogP contribution in [0.5, 0.6) is 0 Å². The number of hydrogen-bond donors (Lipinski definition) is 1. The van der Waals surface area contributed by atoms with E-state index in [2.05, 4.69) is 20.8 Å². The minimum atomic E-state index is -0.260. The third-order valence-electron chi connectivity index (χ3n) is 5.15. The summed E-state index contributed by atoms with van der Waals surface area (Å²) in [5, 5.41) is 0. The monoisotopic (exact) mass is 247 g/mol. The van der Waals surface area contributed by atoms with Crippen molar-refractivity contribution >= 4 is 18.4 Å². The molecule has 2 rings (SSSR count). The largest absolute Gasteiger partial charge is 0.461 e. The van der Waals surface area contributed by atoms with Gasteiger partial charge in [-0.15, -0.1) is 12.4 Å². The lowest BCUT2D eigenvalue weighted by Crippen LogP contribution is -2.39. The van der Waals surface area contributed by atoms with E-state index in [4.69, 9.17) is 10.5 Å². The van der Waals surface area contributed by atoms with Crippen molar-refractivity contribution in [1.29, 1.82) is 0 Å². The molecule has 0 amide bonds. The summed E-state index contributed by atoms with van der Waals surface area (Å²) < 4.78 is 5.47. The molecule has 0 aromatic carbocycles. The molecule has 4 heteroatoms. The second-order valence-electron chi connectivity index (χ2n) is 5.79. The van der Waals surface area contributed by atoms with Gasteiger partial charge in [0, 0.05) is 5.41 Å². The van der Waals surface area contributed by atoms with Gasteiger partial charge in [-0.3, -0.25) is 4.79 Å². The fourth-order valence-electron chi connectivity index (χ4n) is 3.52. The Morgan fingerprint density at radius 2 is 2.06 bits per heavy atom. The Hall–Kier alpha value is -0.280. The molecule has 0 aliphatic heterocycles. The molecule has 2 saturated carbocycles. The van der Waals surface area contributed by atoms with Crippen molar-refractivity contribution in [3.63, 3.8) is 0 Å². The van der Waals surface area contributed by atoms with E-state index < -0.39 is 0 Å². The van der Waals surface area contributed by atoms with Crippen molar-refractivity contribution in [2.45, 2.75) is 46.1 Å². The maximum absolute atomic E-state index is 11.3. The van der Waals surface area contributed by atoms with Crippen LogP contribution in [0.15, 0.2) is 0 Å². The first kappa shape index (κ1) is 13.8. The minimum absolute atomic E-state index is 0. The Bertz CT molecular complexity index is 293. The highest BCUT2D eigenvalue weighted by Gasteiger charge is 2.62. The van der Waals surface area contributed by atoms with Gasteiger partial charge in [-0.2, -0.15) is 0 Å². The Kier molecular flexibility index (Phi) is 3.61. The molecular formula is C12H22ClNO2. The summed E-state index contributed by atoms with van der Waals surface area (Å²) >= 11 is 0. The molecule has 2 aliphatic carbocycles. The van der Waals surface area contributed by atoms with Crippen molar-refractivity contribution in [2.24, 2.45) is 22.5 Å². The smallest absolute Gasteiger partial charge is 0.319 e. The number of carbonyl (C=O) groups is 1. The van der Waals surface area contributed by atoms with Crippen LogP contribution in [0.4, 0.5) is 0 Å². The molecule has 16 heavy (non-hydrogen) atoms. The molecule has 0 heterocycles. The second-order valence-corrected chi connectivity index (χ2v) is 5.79. The van der Waals surface area contributed by atoms with Gasteiger partial charge in [0.2, 0.25) is 0 Å². The number of rotatable bonds is 2. The molecule has 94 valence electrons. The van der Waals surface area contributed by atoms with Crippen LogP contribution >= 0.6 is 12.4 Å². The lowest BCUT2D eigenvalue weighted by atomic mass is 9.70. The van der Waals surface area contributed by atoms with Gasteiger partial charge in [-0.05, 0) is 30.6 Å². The molecule has 2 fully saturated rings. The van der Waals surface area contributed by atoms with Gasteiger partial charge in [-0.25, -0.2) is 0 Å². The topological polar surface area (TPSA) is 52.3 Å². The van der Waals surface area contributed by atoms with Crippen molar-refractivity contribution in [1.82, 2.24) is 0 Å². The van der Waals surface area contributed by atoms with E-state index in [1.807, 2.05) is 0 Å². The van der Waals surface area contributed by atoms with E-state index in [-0.39, 0.29) is 36.4 Å². The van der Waals surface area contributed by atoms with E-state index in [0.717, 1.165) is 6.42 Å². The Balaban J connectivity index is 0.00000128. The predicted molar refractivity (Wildman–Crippen MR) is 65.4 cm³/mol. The maximum atomic E-state index is 11.3. The molecule has 2 unspecified atom stereocenters. The Morgan fingerprint density at radius 1 is 1.44 bits per heavy atom. The fourth-order valence-corrected chi connectivity index (χ4v) is 3.52. The molecule has 2 bridgehead atoms. The van der Waals surface area contributed by atoms with Crippen LogP contribution < -0.4 is 5.73 Å². The lowest BCUT2D eigenvalue weighted by Gasteiger charge is -2.38. The fraction of sp³-hybridized carbons (Fsp3) is 0.917. The highest BCUT2D eigenvalue weighted by molar-refractivity contribution is 5.85. The number of halogens is 1. The quantitative estimate of drug-likeness (QED) is 0.761. The summed E-state index contributed by atoms with van der Waals surface area (Å²) in [5.74, 6) is 0.447. The van der Waals surface area contributed by atoms with Crippen LogP contribution in [0.1, 0.15) is 40.0 Å². The van der Waals surface area contributed by atoms with Gasteiger partial charge in [0.25, 0.3) is 0 Å². The number of fused-ring (bicyclic) bond motifs is 2. The first-order valence-electron chi connectivity index (χ1n) is 5.81. The number of carbonyl (C=O) groups excluding carboxylic acids is 1. The summed E-state index contributed by atoms with van der Waals surface area (Å²) in [6.45, 7) is 6.87. The van der Waals surface area contributed by atoms with E-state index in [0.29, 0.717) is 11.3 Å². The summed E-state index contributed by atoms with van der Waals surface area (Å²) in [6, 6.07) is 0. The lowest BCUT2D eigenvalue weighted by molar-refractivity contribution is -0.155. The van der Waals surface area contributed by atoms with Gasteiger partial charge < -0.3 is 10.5 Å². The van der Waals surface area contributed by atoms with Gasteiger partial charge in [0.15, 0.2) is 0 Å². The van der Waals surface area contributed by atoms with Crippen molar-refractivity contribution < 1.29 is 9.53 Å². The predicted octanol–water partition coefficient (Wildman–Crippen LogP) is 2.12. The molecule has 3 nitrogen and oxygen atoms in total. The molecule has 0 aromatic heterocycles. The highest BCUT2D eigenvalue weighted by Crippen LogP contribution is 2.66. The van der Waals surface area contributed by atoms with Gasteiger partial charge in [-0.1, -0.05) is 20.8 Å². The van der Waals surface area contributed by atoms with Gasteiger partial charge >= 0.3 is 5.97 Å². The minimum Gasteiger partial charge on any atom is -0.461 e. The molecule has 3 atom stereocenters. The standard InChI is InChI=1S/C12H21NO2.ClH/c1-11(2)8-4-5-12(11,3)9(6-8)15-10(14)7-13;/h8-9H,4-7,13H2,1-3H3;1H/t8?,9-,12?;/m0./s1. The van der Waals surface area contributed by atoms with E-state index in [1.54, 1.807) is 0 Å². The van der Waals surface area contributed by atoms with E-state index in [9.17, 15) is 4.79 Å². The molecule has 0 spiro atoms. The summed E-state index contributed by atoms with van der Waals surface area (Å²) in [7, 11) is 0.